The van der Waals surface area contributed by atoms with Gasteiger partial charge in [0.25, 0.3) is 5.91 Å². The Morgan fingerprint density at radius 1 is 1.06 bits per heavy atom. The lowest BCUT2D eigenvalue weighted by Crippen LogP contribution is -2.61. The molecule has 346 valence electrons. The van der Waals surface area contributed by atoms with Crippen LogP contribution in [0.5, 0.6) is 0 Å². The highest BCUT2D eigenvalue weighted by Crippen LogP contribution is 2.46. The number of likely N-dealkylation sites (N-methyl/N-ethyl adjacent to an activating group) is 1. The molecule has 15 heteroatoms. The van der Waals surface area contributed by atoms with Crippen molar-refractivity contribution in [3.8, 4) is 22.5 Å². The van der Waals surface area contributed by atoms with Crippen LogP contribution in [0.15, 0.2) is 35.8 Å². The quantitative estimate of drug-likeness (QED) is 0.162. The number of nitrogens with zero attached hydrogens (tertiary/aromatic N) is 6. The van der Waals surface area contributed by atoms with E-state index in [-0.39, 0.29) is 48.4 Å². The Kier molecular flexibility index (Phi) is 13.6. The first-order valence-corrected chi connectivity index (χ1v) is 24.2. The monoisotopic (exact) mass is 896 g/mol. The Hall–Kier alpha value is -4.41. The first-order chi connectivity index (χ1) is 30.5. The number of amides is 2. The van der Waals surface area contributed by atoms with E-state index in [0.29, 0.717) is 39.0 Å². The fourth-order valence-corrected chi connectivity index (χ4v) is 10.7. The summed E-state index contributed by atoms with van der Waals surface area (Å²) in [6.07, 6.45) is 3.47. The van der Waals surface area contributed by atoms with Gasteiger partial charge in [-0.05, 0) is 82.7 Å². The zero-order valence-corrected chi connectivity index (χ0v) is 40.2. The van der Waals surface area contributed by atoms with Gasteiger partial charge in [-0.1, -0.05) is 40.7 Å². The number of rotatable bonds is 10. The number of thiazole rings is 1. The number of carbonyl (C=O) groups excluding carboxylic acids is 3. The van der Waals surface area contributed by atoms with Gasteiger partial charge in [-0.2, -0.15) is 0 Å². The van der Waals surface area contributed by atoms with Crippen LogP contribution in [-0.4, -0.2) is 121 Å². The van der Waals surface area contributed by atoms with E-state index in [2.05, 4.69) is 103 Å². The summed E-state index contributed by atoms with van der Waals surface area (Å²) in [5, 5.41) is 8.53. The molecule has 2 amide bonds. The highest BCUT2D eigenvalue weighted by atomic mass is 32.1. The van der Waals surface area contributed by atoms with Gasteiger partial charge >= 0.3 is 5.97 Å². The molecule has 14 nitrogen and oxygen atoms in total. The zero-order chi connectivity index (χ0) is 45.6. The molecule has 0 spiro atoms. The van der Waals surface area contributed by atoms with Crippen LogP contribution >= 0.6 is 11.3 Å². The molecule has 3 fully saturated rings. The van der Waals surface area contributed by atoms with Gasteiger partial charge in [0, 0.05) is 91.0 Å². The molecule has 8 rings (SSSR count). The van der Waals surface area contributed by atoms with Crippen molar-refractivity contribution in [1.82, 2.24) is 35.2 Å². The number of ether oxygens (including phenoxy) is 3. The third-order valence-corrected chi connectivity index (χ3v) is 15.1. The molecule has 1 saturated carbocycles. The van der Waals surface area contributed by atoms with Crippen molar-refractivity contribution >= 4 is 45.7 Å². The SMILES string of the molecule is CO[C@@H](C)c1ncc(N2CCN(C)CC2)cc1-c1c2c3cc(ccc3n1CCOC(C)C)-c1csc(n1)[C@@H](C)[C@H](NC(=O)C1[C@@H](C)[C@H]1C)C(=O)N1CCC[C@H](N1)C(=O)OCC(C)(C)C2. The van der Waals surface area contributed by atoms with Crippen molar-refractivity contribution in [2.45, 2.75) is 111 Å². The van der Waals surface area contributed by atoms with Crippen molar-refractivity contribution in [2.24, 2.45) is 23.2 Å². The van der Waals surface area contributed by atoms with Gasteiger partial charge in [-0.25, -0.2) is 10.4 Å². The molecule has 0 radical (unpaired) electrons. The number of hydrogen-bond acceptors (Lipinski definition) is 12. The van der Waals surface area contributed by atoms with Crippen LogP contribution in [0.1, 0.15) is 96.5 Å². The van der Waals surface area contributed by atoms with Gasteiger partial charge in [-0.15, -0.1) is 11.3 Å². The predicted molar refractivity (Wildman–Crippen MR) is 251 cm³/mol. The number of methoxy groups -OCH3 is 1. The maximum Gasteiger partial charge on any atom is 0.324 e. The Bertz CT molecular complexity index is 2340. The number of fused-ring (bicyclic) bond motifs is 6. The van der Waals surface area contributed by atoms with E-state index >= 15 is 0 Å². The van der Waals surface area contributed by atoms with E-state index < -0.39 is 29.4 Å². The molecule has 6 bridgehead atoms. The summed E-state index contributed by atoms with van der Waals surface area (Å²) in [4.78, 5) is 57.3. The number of carbonyl (C=O) groups is 3. The van der Waals surface area contributed by atoms with Gasteiger partial charge < -0.3 is 33.9 Å². The summed E-state index contributed by atoms with van der Waals surface area (Å²) in [6.45, 7) is 21.9. The van der Waals surface area contributed by atoms with Gasteiger partial charge in [0.1, 0.15) is 12.1 Å². The fourth-order valence-electron chi connectivity index (χ4n) is 9.75. The van der Waals surface area contributed by atoms with E-state index in [0.717, 1.165) is 81.5 Å². The molecule has 4 aromatic rings. The fraction of sp³-hybridized carbons (Fsp3) is 0.612. The van der Waals surface area contributed by atoms with E-state index in [1.807, 2.05) is 20.0 Å². The third-order valence-electron chi connectivity index (χ3n) is 14.1. The van der Waals surface area contributed by atoms with Crippen LogP contribution < -0.4 is 15.6 Å². The lowest BCUT2D eigenvalue weighted by molar-refractivity contribution is -0.155. The number of nitrogens with one attached hydrogen (secondary N) is 2. The first kappa shape index (κ1) is 46.1. The summed E-state index contributed by atoms with van der Waals surface area (Å²) in [6, 6.07) is 7.24. The Morgan fingerprint density at radius 3 is 2.52 bits per heavy atom. The molecule has 3 aliphatic heterocycles. The second-order valence-corrected chi connectivity index (χ2v) is 20.7. The Morgan fingerprint density at radius 2 is 1.81 bits per heavy atom. The molecule has 3 aromatic heterocycles. The van der Waals surface area contributed by atoms with Crippen LogP contribution in [0.2, 0.25) is 0 Å². The molecule has 64 heavy (non-hydrogen) atoms. The Balaban J connectivity index is 1.30. The van der Waals surface area contributed by atoms with Gasteiger partial charge in [0.05, 0.1) is 59.4 Å². The summed E-state index contributed by atoms with van der Waals surface area (Å²) in [7, 11) is 3.89. The normalized spacial score (nSPS) is 25.9. The van der Waals surface area contributed by atoms with Gasteiger partial charge in [0.2, 0.25) is 5.91 Å². The smallest absolute Gasteiger partial charge is 0.324 e. The number of aromatic nitrogens is 3. The number of piperazine rings is 1. The summed E-state index contributed by atoms with van der Waals surface area (Å²) >= 11 is 1.49. The average Bonchev–Trinajstić information content (AvgIpc) is 3.56. The van der Waals surface area contributed by atoms with Crippen molar-refractivity contribution < 1.29 is 28.6 Å². The second kappa shape index (κ2) is 18.8. The number of esters is 1. The number of pyridine rings is 1. The largest absolute Gasteiger partial charge is 0.464 e. The maximum atomic E-state index is 14.5. The molecule has 1 aromatic carbocycles. The van der Waals surface area contributed by atoms with Crippen LogP contribution in [0.3, 0.4) is 0 Å². The Labute approximate surface area is 382 Å². The molecular weight excluding hydrogens is 829 g/mol. The first-order valence-electron chi connectivity index (χ1n) is 23.3. The molecule has 6 heterocycles. The number of hydrazine groups is 1. The lowest BCUT2D eigenvalue weighted by Gasteiger charge is -2.36. The minimum atomic E-state index is -0.885. The van der Waals surface area contributed by atoms with E-state index in [1.165, 1.54) is 16.3 Å². The highest BCUT2D eigenvalue weighted by Gasteiger charge is 2.50. The molecule has 4 aliphatic rings. The number of anilines is 1. The van der Waals surface area contributed by atoms with E-state index in [4.69, 9.17) is 24.2 Å². The standard InChI is InChI=1S/C49H68N8O6S/c1-28(2)62-21-20-56-40-14-13-33-22-35(40)37(44(56)36-23-34(25-50-43(36)32(6)61-10)55-18-16-54(9)17-19-55)24-49(7,8)27-63-48(60)38-12-11-15-57(53-38)47(59)42(31(5)46-51-39(33)26-64-46)52-45(58)41-29(3)30(41)4/h13-14,22-23,25-26,28-32,38,41-42,53H,11-12,15-21,24,27H2,1-10H3,(H,52,58)/t29-,30+,31-,32-,38-,41?,42-/m0/s1. The van der Waals surface area contributed by atoms with Crippen molar-refractivity contribution in [1.29, 1.82) is 0 Å². The molecule has 7 atom stereocenters. The second-order valence-electron chi connectivity index (χ2n) is 19.8. The van der Waals surface area contributed by atoms with E-state index in [9.17, 15) is 14.4 Å². The van der Waals surface area contributed by atoms with Crippen molar-refractivity contribution in [3.05, 3.63) is 52.1 Å². The molecule has 1 aliphatic carbocycles. The average molecular weight is 897 g/mol. The maximum absolute atomic E-state index is 14.5. The number of cyclic esters (lactones) is 1. The summed E-state index contributed by atoms with van der Waals surface area (Å²) < 4.78 is 20.9. The van der Waals surface area contributed by atoms with Crippen LogP contribution in [0, 0.1) is 23.2 Å². The topological polar surface area (TPSA) is 143 Å². The molecular formula is C49H68N8O6S. The summed E-state index contributed by atoms with van der Waals surface area (Å²) in [5.74, 6) is -0.899. The third kappa shape index (κ3) is 9.46. The van der Waals surface area contributed by atoms with Crippen LogP contribution in [0.4, 0.5) is 5.69 Å². The molecule has 2 N–H and O–H groups in total. The lowest BCUT2D eigenvalue weighted by atomic mass is 9.84. The van der Waals surface area contributed by atoms with Crippen LogP contribution in [0.25, 0.3) is 33.4 Å². The minimum absolute atomic E-state index is 0.0586. The number of hydrogen-bond donors (Lipinski definition) is 2. The number of benzene rings is 1. The molecule has 2 saturated heterocycles. The predicted octanol–water partition coefficient (Wildman–Crippen LogP) is 6.82. The van der Waals surface area contributed by atoms with E-state index in [1.54, 1.807) is 7.11 Å². The van der Waals surface area contributed by atoms with Crippen molar-refractivity contribution in [2.75, 3.05) is 65.0 Å². The molecule has 1 unspecified atom stereocenters. The zero-order valence-electron chi connectivity index (χ0n) is 39.4. The van der Waals surface area contributed by atoms with Crippen molar-refractivity contribution in [3.63, 3.8) is 0 Å². The summed E-state index contributed by atoms with van der Waals surface area (Å²) in [5.41, 5.74) is 10.6. The van der Waals surface area contributed by atoms with Crippen LogP contribution in [-0.2, 0) is 41.6 Å². The van der Waals surface area contributed by atoms with Gasteiger partial charge in [-0.3, -0.25) is 24.4 Å². The van der Waals surface area contributed by atoms with Gasteiger partial charge in [0.15, 0.2) is 0 Å². The highest BCUT2D eigenvalue weighted by molar-refractivity contribution is 7.10. The minimum Gasteiger partial charge on any atom is -0.464 e.